The van der Waals surface area contributed by atoms with Crippen molar-refractivity contribution >= 4 is 19.4 Å². The van der Waals surface area contributed by atoms with E-state index in [9.17, 15) is 9.36 Å². The Kier molecular flexibility index (Phi) is 3.30. The number of rotatable bonds is 2. The summed E-state index contributed by atoms with van der Waals surface area (Å²) in [5.74, 6) is 0.760. The Labute approximate surface area is 95.5 Å². The number of carbonyl (C=O) groups is 1. The van der Waals surface area contributed by atoms with Gasteiger partial charge in [-0.15, -0.1) is 0 Å². The molecule has 4 nitrogen and oxygen atoms in total. The molecular weight excluding hydrogens is 223 g/mol. The maximum absolute atomic E-state index is 11.4. The third-order valence-corrected chi connectivity index (χ3v) is 4.10. The lowest BCUT2D eigenvalue weighted by atomic mass is 10.2. The van der Waals surface area contributed by atoms with Crippen LogP contribution in [0.25, 0.3) is 0 Å². The molecule has 0 bridgehead atoms. The van der Waals surface area contributed by atoms with Crippen LogP contribution in [0, 0.1) is 0 Å². The monoisotopic (exact) mass is 237 g/mol. The SMILES string of the molecule is CC(=O)c1cccnc1N1CC[P+](=O)CC1. The quantitative estimate of drug-likeness (QED) is 0.582. The summed E-state index contributed by atoms with van der Waals surface area (Å²) in [5.41, 5.74) is 0.652. The van der Waals surface area contributed by atoms with E-state index in [-0.39, 0.29) is 5.78 Å². The van der Waals surface area contributed by atoms with E-state index in [0.29, 0.717) is 17.9 Å². The number of carbonyl (C=O) groups excluding carboxylic acids is 1. The summed E-state index contributed by atoms with van der Waals surface area (Å²) in [7, 11) is -1.04. The minimum Gasteiger partial charge on any atom is -0.348 e. The van der Waals surface area contributed by atoms with Crippen molar-refractivity contribution in [3.8, 4) is 0 Å². The second-order valence-corrected chi connectivity index (χ2v) is 5.70. The lowest BCUT2D eigenvalue weighted by molar-refractivity contribution is 0.101. The summed E-state index contributed by atoms with van der Waals surface area (Å²) < 4.78 is 11.3. The molecule has 0 radical (unpaired) electrons. The molecule has 1 fully saturated rings. The van der Waals surface area contributed by atoms with E-state index in [1.54, 1.807) is 25.3 Å². The van der Waals surface area contributed by atoms with Gasteiger partial charge in [-0.25, -0.2) is 4.98 Å². The molecule has 1 saturated heterocycles. The molecule has 0 saturated carbocycles. The zero-order valence-corrected chi connectivity index (χ0v) is 10.1. The van der Waals surface area contributed by atoms with E-state index in [2.05, 4.69) is 4.98 Å². The number of Topliss-reactive ketones (excluding diaryl/α,β-unsaturated/α-hetero) is 1. The van der Waals surface area contributed by atoms with Crippen LogP contribution in [0.1, 0.15) is 17.3 Å². The van der Waals surface area contributed by atoms with Gasteiger partial charge in [0.2, 0.25) is 0 Å². The molecule has 16 heavy (non-hydrogen) atoms. The van der Waals surface area contributed by atoms with Crippen LogP contribution in [0.4, 0.5) is 5.82 Å². The van der Waals surface area contributed by atoms with Crippen LogP contribution in [0.2, 0.25) is 0 Å². The summed E-state index contributed by atoms with van der Waals surface area (Å²) >= 11 is 0. The standard InChI is InChI=1S/C11H14N2O2P/c1-9(14)10-3-2-4-12-11(10)13-5-7-16(15)8-6-13/h2-4H,5-8H2,1H3/q+1. The van der Waals surface area contributed by atoms with Crippen LogP contribution < -0.4 is 4.90 Å². The normalized spacial score (nSPS) is 16.3. The number of aromatic nitrogens is 1. The van der Waals surface area contributed by atoms with E-state index in [1.807, 2.05) is 4.90 Å². The van der Waals surface area contributed by atoms with Crippen molar-refractivity contribution < 1.29 is 9.36 Å². The molecule has 1 aromatic heterocycles. The molecule has 0 unspecified atom stereocenters. The molecule has 0 aromatic carbocycles. The van der Waals surface area contributed by atoms with Crippen molar-refractivity contribution in [3.63, 3.8) is 0 Å². The molecule has 2 rings (SSSR count). The van der Waals surface area contributed by atoms with Crippen molar-refractivity contribution in [2.75, 3.05) is 30.3 Å². The zero-order valence-electron chi connectivity index (χ0n) is 9.22. The van der Waals surface area contributed by atoms with Crippen molar-refractivity contribution in [1.29, 1.82) is 0 Å². The minimum atomic E-state index is -1.04. The topological polar surface area (TPSA) is 50.3 Å². The van der Waals surface area contributed by atoms with Crippen molar-refractivity contribution in [2.45, 2.75) is 6.92 Å². The van der Waals surface area contributed by atoms with E-state index >= 15 is 0 Å². The van der Waals surface area contributed by atoms with Crippen LogP contribution in [0.5, 0.6) is 0 Å². The van der Waals surface area contributed by atoms with Gasteiger partial charge in [0.15, 0.2) is 18.1 Å². The minimum absolute atomic E-state index is 0.0260. The maximum Gasteiger partial charge on any atom is 0.342 e. The molecule has 0 N–H and O–H groups in total. The van der Waals surface area contributed by atoms with Gasteiger partial charge in [-0.3, -0.25) is 4.79 Å². The maximum atomic E-state index is 11.4. The fraction of sp³-hybridized carbons (Fsp3) is 0.455. The fourth-order valence-electron chi connectivity index (χ4n) is 1.82. The first-order valence-corrected chi connectivity index (χ1v) is 6.94. The van der Waals surface area contributed by atoms with E-state index in [1.165, 1.54) is 0 Å². The number of hydrogen-bond donors (Lipinski definition) is 0. The molecule has 2 heterocycles. The lowest BCUT2D eigenvalue weighted by Crippen LogP contribution is -2.34. The Hall–Kier alpha value is -1.28. The second kappa shape index (κ2) is 4.71. The summed E-state index contributed by atoms with van der Waals surface area (Å²) in [6, 6.07) is 3.56. The lowest BCUT2D eigenvalue weighted by Gasteiger charge is -2.24. The van der Waals surface area contributed by atoms with Gasteiger partial charge in [-0.05, 0) is 19.1 Å². The Morgan fingerprint density at radius 2 is 2.12 bits per heavy atom. The van der Waals surface area contributed by atoms with Gasteiger partial charge in [0.25, 0.3) is 0 Å². The molecule has 84 valence electrons. The highest BCUT2D eigenvalue weighted by Crippen LogP contribution is 2.28. The van der Waals surface area contributed by atoms with Crippen LogP contribution in [-0.2, 0) is 4.57 Å². The predicted octanol–water partition coefficient (Wildman–Crippen LogP) is 1.93. The number of hydrogen-bond acceptors (Lipinski definition) is 4. The number of anilines is 1. The Morgan fingerprint density at radius 1 is 1.44 bits per heavy atom. The van der Waals surface area contributed by atoms with E-state index < -0.39 is 7.80 Å². The molecule has 0 aliphatic carbocycles. The summed E-state index contributed by atoms with van der Waals surface area (Å²) in [4.78, 5) is 17.8. The zero-order chi connectivity index (χ0) is 11.5. The molecule has 5 heteroatoms. The van der Waals surface area contributed by atoms with Crippen LogP contribution in [-0.4, -0.2) is 36.2 Å². The molecular formula is C11H14N2O2P+. The Morgan fingerprint density at radius 3 is 2.75 bits per heavy atom. The highest BCUT2D eigenvalue weighted by molar-refractivity contribution is 7.44. The van der Waals surface area contributed by atoms with E-state index in [4.69, 9.17) is 0 Å². The van der Waals surface area contributed by atoms with Gasteiger partial charge in [0.05, 0.1) is 18.7 Å². The number of ketones is 1. The van der Waals surface area contributed by atoms with Gasteiger partial charge in [-0.2, -0.15) is 0 Å². The molecule has 1 aliphatic rings. The molecule has 0 amide bonds. The highest BCUT2D eigenvalue weighted by Gasteiger charge is 2.27. The van der Waals surface area contributed by atoms with Gasteiger partial charge in [-0.1, -0.05) is 4.57 Å². The van der Waals surface area contributed by atoms with Crippen LogP contribution >= 0.6 is 7.80 Å². The Bertz CT molecular complexity index is 424. The molecule has 1 aromatic rings. The fourth-order valence-corrected chi connectivity index (χ4v) is 2.98. The first-order chi connectivity index (χ1) is 7.68. The number of nitrogens with zero attached hydrogens (tertiary/aromatic N) is 2. The van der Waals surface area contributed by atoms with E-state index in [0.717, 1.165) is 18.9 Å². The van der Waals surface area contributed by atoms with Crippen molar-refractivity contribution in [3.05, 3.63) is 23.9 Å². The third kappa shape index (κ3) is 2.27. The number of pyridine rings is 1. The smallest absolute Gasteiger partial charge is 0.342 e. The molecule has 0 spiro atoms. The van der Waals surface area contributed by atoms with Gasteiger partial charge in [0.1, 0.15) is 5.82 Å². The van der Waals surface area contributed by atoms with Crippen LogP contribution in [0.15, 0.2) is 18.3 Å². The average molecular weight is 237 g/mol. The van der Waals surface area contributed by atoms with Crippen LogP contribution in [0.3, 0.4) is 0 Å². The first kappa shape index (κ1) is 11.2. The summed E-state index contributed by atoms with van der Waals surface area (Å²) in [5, 5.41) is 0. The molecule has 0 atom stereocenters. The summed E-state index contributed by atoms with van der Waals surface area (Å²) in [6.07, 6.45) is 3.09. The van der Waals surface area contributed by atoms with Crippen molar-refractivity contribution in [1.82, 2.24) is 4.98 Å². The molecule has 1 aliphatic heterocycles. The average Bonchev–Trinajstić information content (AvgIpc) is 2.30. The Balaban J connectivity index is 2.26. The third-order valence-electron chi connectivity index (χ3n) is 2.70. The van der Waals surface area contributed by atoms with Gasteiger partial charge < -0.3 is 4.90 Å². The van der Waals surface area contributed by atoms with Gasteiger partial charge >= 0.3 is 7.80 Å². The predicted molar refractivity (Wildman–Crippen MR) is 63.8 cm³/mol. The highest BCUT2D eigenvalue weighted by atomic mass is 31.1. The first-order valence-electron chi connectivity index (χ1n) is 5.31. The largest absolute Gasteiger partial charge is 0.348 e. The van der Waals surface area contributed by atoms with Crippen molar-refractivity contribution in [2.24, 2.45) is 0 Å². The van der Waals surface area contributed by atoms with Gasteiger partial charge in [0, 0.05) is 6.20 Å². The second-order valence-electron chi connectivity index (χ2n) is 3.85. The summed E-state index contributed by atoms with van der Waals surface area (Å²) in [6.45, 7) is 3.00.